The van der Waals surface area contributed by atoms with Gasteiger partial charge in [-0.15, -0.1) is 4.59 Å². The van der Waals surface area contributed by atoms with Crippen LogP contribution in [0, 0.1) is 0 Å². The third-order valence-electron chi connectivity index (χ3n) is 6.99. The van der Waals surface area contributed by atoms with Crippen LogP contribution >= 0.6 is 0 Å². The average molecular weight is 396 g/mol. The van der Waals surface area contributed by atoms with Gasteiger partial charge in [0.15, 0.2) is 0 Å². The first kappa shape index (κ1) is 14.7. The number of rotatable bonds is 0. The van der Waals surface area contributed by atoms with E-state index in [1.165, 1.54) is 21.6 Å². The molecule has 6 heterocycles. The van der Waals surface area contributed by atoms with Crippen molar-refractivity contribution in [3.63, 3.8) is 0 Å². The van der Waals surface area contributed by atoms with Gasteiger partial charge >= 0.3 is 18.8 Å². The molecule has 0 bridgehead atoms. The maximum atomic E-state index is 5.22. The second-order valence-corrected chi connectivity index (χ2v) is 8.42. The SMILES string of the molecule is C1=c2c3ccccc3c3n2B2[N+]4=C(N=3)c3ccccc3C4=Nc3c4ccccc4n1[n+]32. The zero-order chi connectivity index (χ0) is 19.8. The molecule has 0 saturated heterocycles. The molecule has 0 N–H and O–H groups in total. The van der Waals surface area contributed by atoms with E-state index >= 15 is 0 Å². The second-order valence-electron chi connectivity index (χ2n) is 8.42. The molecule has 0 saturated carbocycles. The van der Waals surface area contributed by atoms with Crippen LogP contribution in [-0.4, -0.2) is 32.4 Å². The number of hydrogen-bond donors (Lipinski definition) is 0. The first-order valence-electron chi connectivity index (χ1n) is 10.5. The first-order chi connectivity index (χ1) is 15.4. The zero-order valence-corrected chi connectivity index (χ0v) is 16.3. The summed E-state index contributed by atoms with van der Waals surface area (Å²) < 4.78 is 9.25. The second kappa shape index (κ2) is 4.57. The van der Waals surface area contributed by atoms with Crippen LogP contribution in [0.15, 0.2) is 82.8 Å². The summed E-state index contributed by atoms with van der Waals surface area (Å²) in [6, 6.07) is 25.6. The highest BCUT2D eigenvalue weighted by Gasteiger charge is 2.59. The van der Waals surface area contributed by atoms with Crippen molar-refractivity contribution in [2.75, 3.05) is 0 Å². The molecular formula is C24H13BN6+2. The van der Waals surface area contributed by atoms with E-state index in [0.29, 0.717) is 0 Å². The molecule has 0 amide bonds. The molecule has 4 aliphatic rings. The van der Waals surface area contributed by atoms with E-state index in [1.54, 1.807) is 0 Å². The van der Waals surface area contributed by atoms with Gasteiger partial charge in [0.05, 0.1) is 33.6 Å². The van der Waals surface area contributed by atoms with Crippen LogP contribution in [-0.2, 0) is 0 Å². The minimum absolute atomic E-state index is 0.0720. The smallest absolute Gasteiger partial charge is 0.273 e. The number of amidine groups is 2. The zero-order valence-electron chi connectivity index (χ0n) is 16.3. The van der Waals surface area contributed by atoms with Crippen LogP contribution in [0.25, 0.3) is 27.9 Å². The monoisotopic (exact) mass is 396 g/mol. The Kier molecular flexibility index (Phi) is 2.16. The molecule has 4 aliphatic heterocycles. The number of para-hydroxylation sites is 1. The van der Waals surface area contributed by atoms with Crippen molar-refractivity contribution >= 4 is 52.5 Å². The van der Waals surface area contributed by atoms with Gasteiger partial charge < -0.3 is 0 Å². The normalized spacial score (nSPS) is 16.3. The van der Waals surface area contributed by atoms with Crippen molar-refractivity contribution in [3.05, 3.63) is 94.8 Å². The number of aliphatic imine (C=N–C) groups is 1. The standard InChI is InChI=1S/C24H13BN6/c1-2-8-15-14(7-1)20-13-28-19-12-6-5-11-18(19)24-27-23-17-10-4-3-9-16(17)22-26-21(15)29(20)25(30(22)23)31(24)28/h1-13H/q+2. The number of nitrogens with zero attached hydrogens (tertiary/aromatic N) is 6. The van der Waals surface area contributed by atoms with Gasteiger partial charge in [0.25, 0.3) is 5.84 Å². The van der Waals surface area contributed by atoms with Crippen LogP contribution in [0.1, 0.15) is 11.1 Å². The van der Waals surface area contributed by atoms with E-state index < -0.39 is 0 Å². The van der Waals surface area contributed by atoms with Crippen molar-refractivity contribution in [1.82, 2.24) is 9.16 Å². The Bertz CT molecular complexity index is 1900. The summed E-state index contributed by atoms with van der Waals surface area (Å²) in [5, 5.41) is 4.76. The van der Waals surface area contributed by atoms with Gasteiger partial charge in [0, 0.05) is 10.8 Å². The topological polar surface area (TPSA) is 41.5 Å². The van der Waals surface area contributed by atoms with E-state index in [0.717, 1.165) is 39.5 Å². The summed E-state index contributed by atoms with van der Waals surface area (Å²) in [6.45, 7) is 0. The molecule has 140 valence electrons. The van der Waals surface area contributed by atoms with Crippen molar-refractivity contribution in [3.8, 4) is 0 Å². The molecule has 0 fully saturated rings. The van der Waals surface area contributed by atoms with Gasteiger partial charge in [-0.1, -0.05) is 47.5 Å². The third-order valence-corrected chi connectivity index (χ3v) is 6.99. The molecule has 31 heavy (non-hydrogen) atoms. The Labute approximate surface area is 175 Å². The van der Waals surface area contributed by atoms with Crippen LogP contribution in [0.2, 0.25) is 0 Å². The fourth-order valence-electron chi connectivity index (χ4n) is 5.75. The largest absolute Gasteiger partial charge is 0.750 e. The Morgan fingerprint density at radius 2 is 1.48 bits per heavy atom. The maximum Gasteiger partial charge on any atom is 0.750 e. The van der Waals surface area contributed by atoms with Gasteiger partial charge in [0.1, 0.15) is 0 Å². The van der Waals surface area contributed by atoms with Crippen LogP contribution < -0.4 is 15.4 Å². The molecule has 3 aromatic carbocycles. The Morgan fingerprint density at radius 1 is 0.742 bits per heavy atom. The minimum Gasteiger partial charge on any atom is -0.273 e. The average Bonchev–Trinajstić information content (AvgIpc) is 3.45. The maximum absolute atomic E-state index is 5.22. The molecule has 9 rings (SSSR count). The van der Waals surface area contributed by atoms with Crippen LogP contribution in [0.5, 0.6) is 0 Å². The molecule has 0 spiro atoms. The fourth-order valence-corrected chi connectivity index (χ4v) is 5.75. The molecule has 6 nitrogen and oxygen atoms in total. The van der Waals surface area contributed by atoms with Gasteiger partial charge in [-0.05, 0) is 35.3 Å². The number of aromatic nitrogens is 3. The summed E-state index contributed by atoms with van der Waals surface area (Å²) in [6.07, 6.45) is 2.23. The Morgan fingerprint density at radius 3 is 2.39 bits per heavy atom. The molecule has 0 radical (unpaired) electrons. The highest BCUT2D eigenvalue weighted by atomic mass is 15.5. The minimum atomic E-state index is -0.0720. The fraction of sp³-hybridized carbons (Fsp3) is 0. The molecule has 7 heteroatoms. The summed E-state index contributed by atoms with van der Waals surface area (Å²) in [5.74, 6) is 2.97. The number of fused-ring (bicyclic) bond motifs is 9. The predicted molar refractivity (Wildman–Crippen MR) is 118 cm³/mol. The molecule has 5 aromatic rings. The van der Waals surface area contributed by atoms with Crippen LogP contribution in [0.3, 0.4) is 0 Å². The number of hydrogen-bond acceptors (Lipinski definition) is 2. The van der Waals surface area contributed by atoms with Crippen molar-refractivity contribution in [1.29, 1.82) is 0 Å². The van der Waals surface area contributed by atoms with Gasteiger partial charge in [-0.2, -0.15) is 0 Å². The highest BCUT2D eigenvalue weighted by molar-refractivity contribution is 6.46. The highest BCUT2D eigenvalue weighted by Crippen LogP contribution is 2.32. The summed E-state index contributed by atoms with van der Waals surface area (Å²) in [4.78, 5) is 10.4. The van der Waals surface area contributed by atoms with E-state index in [-0.39, 0.29) is 7.12 Å². The lowest BCUT2D eigenvalue weighted by Gasteiger charge is -2.21. The Hall–Kier alpha value is -4.26. The Balaban J connectivity index is 1.62. The summed E-state index contributed by atoms with van der Waals surface area (Å²) in [5.41, 5.74) is 4.48. The van der Waals surface area contributed by atoms with E-state index in [2.05, 4.69) is 97.2 Å². The van der Waals surface area contributed by atoms with Gasteiger partial charge in [-0.25, -0.2) is 9.17 Å². The quantitative estimate of drug-likeness (QED) is 0.355. The molecule has 2 aromatic heterocycles. The van der Waals surface area contributed by atoms with Crippen molar-refractivity contribution in [2.45, 2.75) is 0 Å². The molecule has 0 aliphatic carbocycles. The lowest BCUT2D eigenvalue weighted by Crippen LogP contribution is -2.75. The molecular weight excluding hydrogens is 383 g/mol. The van der Waals surface area contributed by atoms with E-state index in [1.807, 2.05) is 0 Å². The van der Waals surface area contributed by atoms with Crippen molar-refractivity contribution < 1.29 is 9.08 Å². The third kappa shape index (κ3) is 1.43. The van der Waals surface area contributed by atoms with Crippen molar-refractivity contribution in [2.24, 2.45) is 9.98 Å². The lowest BCUT2D eigenvalue weighted by molar-refractivity contribution is -0.654. The van der Waals surface area contributed by atoms with E-state index in [9.17, 15) is 0 Å². The summed E-state index contributed by atoms with van der Waals surface area (Å²) in [7, 11) is -0.0720. The van der Waals surface area contributed by atoms with Gasteiger partial charge in [-0.3, -0.25) is 4.48 Å². The lowest BCUT2D eigenvalue weighted by atomic mass is 9.88. The van der Waals surface area contributed by atoms with E-state index in [4.69, 9.17) is 9.98 Å². The molecule has 0 atom stereocenters. The number of benzene rings is 3. The molecule has 0 unspecified atom stereocenters. The predicted octanol–water partition coefficient (Wildman–Crippen LogP) is 1.36. The summed E-state index contributed by atoms with van der Waals surface area (Å²) >= 11 is 0. The van der Waals surface area contributed by atoms with Gasteiger partial charge in [0.2, 0.25) is 5.49 Å². The van der Waals surface area contributed by atoms with Crippen LogP contribution in [0.4, 0.5) is 5.82 Å². The first-order valence-corrected chi connectivity index (χ1v) is 10.5.